The highest BCUT2D eigenvalue weighted by molar-refractivity contribution is 5.80. The van der Waals surface area contributed by atoms with Gasteiger partial charge in [-0.15, -0.1) is 0 Å². The zero-order chi connectivity index (χ0) is 17.0. The van der Waals surface area contributed by atoms with Crippen LogP contribution in [0.2, 0.25) is 0 Å². The molecule has 0 radical (unpaired) electrons. The molecular weight excluding hydrogens is 307 g/mol. The maximum absolute atomic E-state index is 12.4. The molecule has 22 heavy (non-hydrogen) atoms. The molecule has 1 atom stereocenters. The predicted molar refractivity (Wildman–Crippen MR) is 67.4 cm³/mol. The number of hydrogen-bond donors (Lipinski definition) is 1. The Hall–Kier alpha value is -2.03. The lowest BCUT2D eigenvalue weighted by Crippen LogP contribution is -2.44. The Morgan fingerprint density at radius 3 is 2.55 bits per heavy atom. The van der Waals surface area contributed by atoms with Crippen molar-refractivity contribution >= 4 is 11.9 Å². The van der Waals surface area contributed by atoms with Crippen LogP contribution in [0.1, 0.15) is 19.1 Å². The molecule has 0 unspecified atom stereocenters. The lowest BCUT2D eigenvalue weighted by atomic mass is 10.0. The third kappa shape index (κ3) is 5.06. The van der Waals surface area contributed by atoms with E-state index >= 15 is 0 Å². The van der Waals surface area contributed by atoms with Gasteiger partial charge in [-0.2, -0.15) is 13.2 Å². The summed E-state index contributed by atoms with van der Waals surface area (Å²) in [6, 6.07) is 3.27. The van der Waals surface area contributed by atoms with Crippen LogP contribution in [0.4, 0.5) is 13.2 Å². The summed E-state index contributed by atoms with van der Waals surface area (Å²) in [7, 11) is 1.42. The second-order valence-electron chi connectivity index (χ2n) is 4.94. The van der Waals surface area contributed by atoms with E-state index in [9.17, 15) is 22.8 Å². The lowest BCUT2D eigenvalue weighted by molar-refractivity contribution is -0.255. The molecule has 0 aliphatic carbocycles. The number of hydrogen-bond acceptors (Lipinski definition) is 5. The van der Waals surface area contributed by atoms with Gasteiger partial charge in [0.2, 0.25) is 0 Å². The van der Waals surface area contributed by atoms with Crippen LogP contribution in [0.15, 0.2) is 22.8 Å². The minimum absolute atomic E-state index is 0.129. The maximum Gasteiger partial charge on any atom is 0.417 e. The zero-order valence-electron chi connectivity index (χ0n) is 12.0. The SMILES string of the molecule is CN(Cc1ccco1)C(=O)COC(=O)C[C@](C)(O)C(F)(F)F. The molecule has 1 aromatic heterocycles. The zero-order valence-corrected chi connectivity index (χ0v) is 12.0. The maximum atomic E-state index is 12.4. The van der Waals surface area contributed by atoms with Gasteiger partial charge >= 0.3 is 12.1 Å². The Bertz CT molecular complexity index is 510. The highest BCUT2D eigenvalue weighted by Crippen LogP contribution is 2.32. The Labute approximate surface area is 124 Å². The average Bonchev–Trinajstić information content (AvgIpc) is 2.86. The summed E-state index contributed by atoms with van der Waals surface area (Å²) in [6.45, 7) is -0.132. The number of amides is 1. The summed E-state index contributed by atoms with van der Waals surface area (Å²) in [4.78, 5) is 24.1. The van der Waals surface area contributed by atoms with Gasteiger partial charge in [-0.05, 0) is 19.1 Å². The van der Waals surface area contributed by atoms with Crippen LogP contribution in [0.25, 0.3) is 0 Å². The van der Waals surface area contributed by atoms with Crippen molar-refractivity contribution in [3.05, 3.63) is 24.2 Å². The van der Waals surface area contributed by atoms with Gasteiger partial charge in [0.25, 0.3) is 5.91 Å². The van der Waals surface area contributed by atoms with E-state index in [0.29, 0.717) is 12.7 Å². The molecule has 1 rings (SSSR count). The molecule has 1 heterocycles. The van der Waals surface area contributed by atoms with Crippen LogP contribution in [0.5, 0.6) is 0 Å². The van der Waals surface area contributed by atoms with Crippen LogP contribution >= 0.6 is 0 Å². The summed E-state index contributed by atoms with van der Waals surface area (Å²) in [6.07, 6.45) is -4.83. The molecule has 6 nitrogen and oxygen atoms in total. The van der Waals surface area contributed by atoms with Crippen molar-refractivity contribution in [3.63, 3.8) is 0 Å². The standard InChI is InChI=1S/C13H16F3NO5/c1-12(20,13(14,15)16)6-11(19)22-8-10(18)17(2)7-9-4-3-5-21-9/h3-5,20H,6-8H2,1-2H3/t12-/m0/s1. The smallest absolute Gasteiger partial charge is 0.417 e. The molecule has 0 spiro atoms. The van der Waals surface area contributed by atoms with Gasteiger partial charge in [0.05, 0.1) is 19.2 Å². The van der Waals surface area contributed by atoms with Gasteiger partial charge in [-0.25, -0.2) is 0 Å². The van der Waals surface area contributed by atoms with Crippen molar-refractivity contribution in [1.82, 2.24) is 4.90 Å². The minimum Gasteiger partial charge on any atom is -0.467 e. The van der Waals surface area contributed by atoms with Gasteiger partial charge in [-0.1, -0.05) is 0 Å². The number of carbonyl (C=O) groups excluding carboxylic acids is 2. The lowest BCUT2D eigenvalue weighted by Gasteiger charge is -2.25. The molecule has 0 bridgehead atoms. The highest BCUT2D eigenvalue weighted by atomic mass is 19.4. The number of esters is 1. The number of nitrogens with zero attached hydrogens (tertiary/aromatic N) is 1. The van der Waals surface area contributed by atoms with Crippen LogP contribution in [-0.4, -0.2) is 47.3 Å². The third-order valence-corrected chi connectivity index (χ3v) is 2.85. The van der Waals surface area contributed by atoms with E-state index in [1.807, 2.05) is 0 Å². The number of ether oxygens (including phenoxy) is 1. The third-order valence-electron chi connectivity index (χ3n) is 2.85. The number of halogens is 3. The molecule has 0 aliphatic heterocycles. The average molecular weight is 323 g/mol. The van der Waals surface area contributed by atoms with E-state index < -0.39 is 36.7 Å². The first kappa shape index (κ1) is 18.0. The monoisotopic (exact) mass is 323 g/mol. The number of furan rings is 1. The van der Waals surface area contributed by atoms with E-state index in [4.69, 9.17) is 9.52 Å². The van der Waals surface area contributed by atoms with Crippen molar-refractivity contribution in [1.29, 1.82) is 0 Å². The topological polar surface area (TPSA) is 80.0 Å². The normalized spacial score (nSPS) is 14.3. The van der Waals surface area contributed by atoms with Gasteiger partial charge in [-0.3, -0.25) is 9.59 Å². The molecule has 0 aromatic carbocycles. The summed E-state index contributed by atoms with van der Waals surface area (Å²) in [5.74, 6) is -1.43. The fourth-order valence-electron chi connectivity index (χ4n) is 1.41. The van der Waals surface area contributed by atoms with Crippen LogP contribution in [-0.2, 0) is 20.9 Å². The van der Waals surface area contributed by atoms with Crippen LogP contribution < -0.4 is 0 Å². The summed E-state index contributed by atoms with van der Waals surface area (Å²) in [5, 5.41) is 9.13. The second kappa shape index (κ2) is 6.82. The summed E-state index contributed by atoms with van der Waals surface area (Å²) in [5.41, 5.74) is -3.20. The number of carbonyl (C=O) groups is 2. The van der Waals surface area contributed by atoms with Gasteiger partial charge < -0.3 is 19.2 Å². The van der Waals surface area contributed by atoms with Crippen molar-refractivity contribution in [2.24, 2.45) is 0 Å². The van der Waals surface area contributed by atoms with Crippen molar-refractivity contribution in [3.8, 4) is 0 Å². The van der Waals surface area contributed by atoms with E-state index in [1.54, 1.807) is 12.1 Å². The van der Waals surface area contributed by atoms with Crippen molar-refractivity contribution in [2.75, 3.05) is 13.7 Å². The summed E-state index contributed by atoms with van der Waals surface area (Å²) < 4.78 is 46.6. The molecule has 0 fully saturated rings. The second-order valence-corrected chi connectivity index (χ2v) is 4.94. The van der Waals surface area contributed by atoms with Gasteiger partial charge in [0, 0.05) is 7.05 Å². The minimum atomic E-state index is -4.97. The van der Waals surface area contributed by atoms with E-state index in [1.165, 1.54) is 18.2 Å². The Morgan fingerprint density at radius 2 is 2.05 bits per heavy atom. The number of aliphatic hydroxyl groups is 1. The van der Waals surface area contributed by atoms with Crippen LogP contribution in [0.3, 0.4) is 0 Å². The Kier molecular flexibility index (Phi) is 5.59. The molecule has 1 aromatic rings. The quantitative estimate of drug-likeness (QED) is 0.802. The molecule has 1 N–H and O–H groups in total. The fourth-order valence-corrected chi connectivity index (χ4v) is 1.41. The van der Waals surface area contributed by atoms with Gasteiger partial charge in [0.15, 0.2) is 12.2 Å². The van der Waals surface area contributed by atoms with Crippen molar-refractivity contribution < 1.29 is 37.0 Å². The molecule has 0 saturated carbocycles. The first-order valence-corrected chi connectivity index (χ1v) is 6.24. The molecule has 124 valence electrons. The predicted octanol–water partition coefficient (Wildman–Crippen LogP) is 1.48. The van der Waals surface area contributed by atoms with E-state index in [-0.39, 0.29) is 6.54 Å². The number of rotatable bonds is 6. The number of alkyl halides is 3. The van der Waals surface area contributed by atoms with Crippen molar-refractivity contribution in [2.45, 2.75) is 31.7 Å². The first-order chi connectivity index (χ1) is 10.0. The van der Waals surface area contributed by atoms with Crippen LogP contribution in [0, 0.1) is 0 Å². The van der Waals surface area contributed by atoms with E-state index in [2.05, 4.69) is 4.74 Å². The molecule has 1 amide bonds. The molecule has 9 heteroatoms. The van der Waals surface area contributed by atoms with E-state index in [0.717, 1.165) is 0 Å². The summed E-state index contributed by atoms with van der Waals surface area (Å²) >= 11 is 0. The Balaban J connectivity index is 2.42. The highest BCUT2D eigenvalue weighted by Gasteiger charge is 2.51. The molecule has 0 aliphatic rings. The molecule has 0 saturated heterocycles. The molecular formula is C13H16F3NO5. The number of likely N-dealkylation sites (N-methyl/N-ethyl adjacent to an activating group) is 1. The fraction of sp³-hybridized carbons (Fsp3) is 0.538. The largest absolute Gasteiger partial charge is 0.467 e. The Morgan fingerprint density at radius 1 is 1.41 bits per heavy atom. The first-order valence-electron chi connectivity index (χ1n) is 6.24. The van der Waals surface area contributed by atoms with Gasteiger partial charge in [0.1, 0.15) is 5.76 Å².